The van der Waals surface area contributed by atoms with Gasteiger partial charge in [0.15, 0.2) is 0 Å². The second-order valence-corrected chi connectivity index (χ2v) is 6.49. The Bertz CT molecular complexity index is 895. The number of nitrogens with one attached hydrogen (secondary N) is 1. The summed E-state index contributed by atoms with van der Waals surface area (Å²) >= 11 is 0. The normalized spacial score (nSPS) is 11.1. The van der Waals surface area contributed by atoms with E-state index >= 15 is 0 Å². The molecule has 1 aromatic heterocycles. The quantitative estimate of drug-likeness (QED) is 0.388. The number of nitro benzene ring substituents is 1. The van der Waals surface area contributed by atoms with Crippen molar-refractivity contribution in [2.24, 2.45) is 0 Å². The van der Waals surface area contributed by atoms with Crippen molar-refractivity contribution in [3.8, 4) is 0 Å². The molecule has 144 valence electrons. The summed E-state index contributed by atoms with van der Waals surface area (Å²) < 4.78 is 1.52. The van der Waals surface area contributed by atoms with Crippen molar-refractivity contribution in [1.29, 1.82) is 0 Å². The van der Waals surface area contributed by atoms with E-state index < -0.39 is 16.2 Å². The lowest BCUT2D eigenvalue weighted by atomic mass is 10.1. The van der Waals surface area contributed by atoms with E-state index in [2.05, 4.69) is 11.9 Å². The fraction of sp³-hybridized carbons (Fsp3) is 0.400. The Kier molecular flexibility index (Phi) is 7.73. The molecule has 0 atom stereocenters. The number of aromatic amines is 1. The molecular weight excluding hydrogens is 346 g/mol. The third-order valence-electron chi connectivity index (χ3n) is 4.35. The van der Waals surface area contributed by atoms with Gasteiger partial charge in [-0.25, -0.2) is 4.79 Å². The van der Waals surface area contributed by atoms with Gasteiger partial charge in [-0.1, -0.05) is 45.1 Å². The molecule has 2 rings (SSSR count). The minimum Gasteiger partial charge on any atom is -0.300 e. The third-order valence-corrected chi connectivity index (χ3v) is 4.35. The van der Waals surface area contributed by atoms with Gasteiger partial charge in [0.2, 0.25) is 0 Å². The number of rotatable bonds is 10. The first-order valence-corrected chi connectivity index (χ1v) is 9.27. The zero-order valence-corrected chi connectivity index (χ0v) is 15.5. The summed E-state index contributed by atoms with van der Waals surface area (Å²) in [5.41, 5.74) is 0.267. The molecule has 0 spiro atoms. The molecular formula is C20H25N3O4. The van der Waals surface area contributed by atoms with Crippen molar-refractivity contribution in [3.63, 3.8) is 0 Å². The SMILES string of the molecule is CCCCCCCCn1cc(/C=C\c2ccc([N+](=O)[O-])cc2)c(=O)[nH]c1=O. The Morgan fingerprint density at radius 2 is 1.70 bits per heavy atom. The number of aromatic nitrogens is 2. The molecule has 0 unspecified atom stereocenters. The van der Waals surface area contributed by atoms with Crippen molar-refractivity contribution in [3.05, 3.63) is 72.5 Å². The van der Waals surface area contributed by atoms with E-state index in [0.29, 0.717) is 12.1 Å². The largest absolute Gasteiger partial charge is 0.328 e. The summed E-state index contributed by atoms with van der Waals surface area (Å²) in [4.78, 5) is 36.5. The first-order chi connectivity index (χ1) is 13.0. The van der Waals surface area contributed by atoms with Crippen LogP contribution >= 0.6 is 0 Å². The van der Waals surface area contributed by atoms with Crippen LogP contribution in [0.5, 0.6) is 0 Å². The number of hydrogen-bond donors (Lipinski definition) is 1. The first-order valence-electron chi connectivity index (χ1n) is 9.27. The van der Waals surface area contributed by atoms with Gasteiger partial charge in [0.25, 0.3) is 11.2 Å². The van der Waals surface area contributed by atoms with Crippen molar-refractivity contribution < 1.29 is 4.92 Å². The highest BCUT2D eigenvalue weighted by Crippen LogP contribution is 2.13. The molecule has 0 radical (unpaired) electrons. The van der Waals surface area contributed by atoms with Gasteiger partial charge in [-0.05, 0) is 30.2 Å². The van der Waals surface area contributed by atoms with Crippen LogP contribution in [0.2, 0.25) is 0 Å². The van der Waals surface area contributed by atoms with Crippen LogP contribution in [0.15, 0.2) is 40.1 Å². The summed E-state index contributed by atoms with van der Waals surface area (Å²) in [6, 6.07) is 6.02. The average molecular weight is 371 g/mol. The predicted octanol–water partition coefficient (Wildman–Crippen LogP) is 3.98. The van der Waals surface area contributed by atoms with Gasteiger partial charge in [0.05, 0.1) is 10.5 Å². The topological polar surface area (TPSA) is 98.0 Å². The summed E-state index contributed by atoms with van der Waals surface area (Å²) in [6.07, 6.45) is 11.6. The molecule has 1 heterocycles. The van der Waals surface area contributed by atoms with Crippen molar-refractivity contribution in [2.45, 2.75) is 52.0 Å². The van der Waals surface area contributed by atoms with Gasteiger partial charge >= 0.3 is 5.69 Å². The standard InChI is InChI=1S/C20H25N3O4/c1-2-3-4-5-6-7-14-22-15-17(19(24)21-20(22)25)11-8-16-9-12-18(13-10-16)23(26)27/h8-13,15H,2-7,14H2,1H3,(H,21,24,25)/b11-8-. The lowest BCUT2D eigenvalue weighted by Gasteiger charge is -2.06. The Balaban J connectivity index is 2.04. The van der Waals surface area contributed by atoms with E-state index in [-0.39, 0.29) is 5.69 Å². The Labute approximate surface area is 157 Å². The van der Waals surface area contributed by atoms with Crippen LogP contribution in [-0.4, -0.2) is 14.5 Å². The zero-order valence-electron chi connectivity index (χ0n) is 15.5. The molecule has 0 saturated carbocycles. The molecule has 1 aromatic carbocycles. The molecule has 0 saturated heterocycles. The molecule has 7 heteroatoms. The van der Waals surface area contributed by atoms with Crippen molar-refractivity contribution in [1.82, 2.24) is 9.55 Å². The molecule has 1 N–H and O–H groups in total. The van der Waals surface area contributed by atoms with E-state index in [1.54, 1.807) is 30.5 Å². The average Bonchev–Trinajstić information content (AvgIpc) is 2.65. The van der Waals surface area contributed by atoms with Crippen LogP contribution in [-0.2, 0) is 6.54 Å². The number of nitrogens with zero attached hydrogens (tertiary/aromatic N) is 2. The first kappa shape index (κ1) is 20.4. The van der Waals surface area contributed by atoms with E-state index in [9.17, 15) is 19.7 Å². The van der Waals surface area contributed by atoms with E-state index in [0.717, 1.165) is 24.8 Å². The van der Waals surface area contributed by atoms with Crippen molar-refractivity contribution >= 4 is 17.8 Å². The van der Waals surface area contributed by atoms with Gasteiger partial charge in [-0.15, -0.1) is 0 Å². The number of non-ortho nitro benzene ring substituents is 1. The number of H-pyrrole nitrogens is 1. The van der Waals surface area contributed by atoms with Gasteiger partial charge in [-0.3, -0.25) is 24.5 Å². The highest BCUT2D eigenvalue weighted by Gasteiger charge is 2.04. The second-order valence-electron chi connectivity index (χ2n) is 6.49. The zero-order chi connectivity index (χ0) is 19.6. The molecule has 27 heavy (non-hydrogen) atoms. The molecule has 0 aliphatic carbocycles. The molecule has 0 aliphatic heterocycles. The van der Waals surface area contributed by atoms with E-state index in [4.69, 9.17) is 0 Å². The fourth-order valence-corrected chi connectivity index (χ4v) is 2.77. The Hall–Kier alpha value is -2.96. The Morgan fingerprint density at radius 1 is 1.04 bits per heavy atom. The van der Waals surface area contributed by atoms with Gasteiger partial charge in [0.1, 0.15) is 0 Å². The monoisotopic (exact) mass is 371 g/mol. The number of unbranched alkanes of at least 4 members (excludes halogenated alkanes) is 5. The van der Waals surface area contributed by atoms with Crippen LogP contribution in [0.25, 0.3) is 12.2 Å². The fourth-order valence-electron chi connectivity index (χ4n) is 2.77. The summed E-state index contributed by atoms with van der Waals surface area (Å²) in [7, 11) is 0. The smallest absolute Gasteiger partial charge is 0.300 e. The summed E-state index contributed by atoms with van der Waals surface area (Å²) in [5, 5.41) is 10.7. The summed E-state index contributed by atoms with van der Waals surface area (Å²) in [6.45, 7) is 2.74. The second kappa shape index (κ2) is 10.3. The molecule has 7 nitrogen and oxygen atoms in total. The highest BCUT2D eigenvalue weighted by atomic mass is 16.6. The van der Waals surface area contributed by atoms with Gasteiger partial charge in [-0.2, -0.15) is 0 Å². The highest BCUT2D eigenvalue weighted by molar-refractivity contribution is 5.69. The molecule has 0 fully saturated rings. The van der Waals surface area contributed by atoms with Gasteiger partial charge in [0, 0.05) is 24.9 Å². The van der Waals surface area contributed by atoms with Crippen LogP contribution in [0, 0.1) is 10.1 Å². The number of hydrogen-bond acceptors (Lipinski definition) is 4. The number of nitro groups is 1. The van der Waals surface area contributed by atoms with Crippen LogP contribution < -0.4 is 11.2 Å². The maximum absolute atomic E-state index is 12.0. The molecule has 0 bridgehead atoms. The lowest BCUT2D eigenvalue weighted by molar-refractivity contribution is -0.384. The van der Waals surface area contributed by atoms with Crippen LogP contribution in [0.1, 0.15) is 56.6 Å². The van der Waals surface area contributed by atoms with Crippen LogP contribution in [0.4, 0.5) is 5.69 Å². The summed E-state index contributed by atoms with van der Waals surface area (Å²) in [5.74, 6) is 0. The maximum atomic E-state index is 12.0. The third kappa shape index (κ3) is 6.36. The van der Waals surface area contributed by atoms with Crippen molar-refractivity contribution in [2.75, 3.05) is 0 Å². The Morgan fingerprint density at radius 3 is 2.37 bits per heavy atom. The van der Waals surface area contributed by atoms with Gasteiger partial charge < -0.3 is 0 Å². The number of benzene rings is 1. The molecule has 2 aromatic rings. The van der Waals surface area contributed by atoms with E-state index in [1.165, 1.54) is 36.0 Å². The molecule has 0 amide bonds. The number of aryl methyl sites for hydroxylation is 1. The minimum atomic E-state index is -0.462. The molecule has 0 aliphatic rings. The maximum Gasteiger partial charge on any atom is 0.328 e. The van der Waals surface area contributed by atoms with E-state index in [1.807, 2.05) is 0 Å². The predicted molar refractivity (Wildman–Crippen MR) is 107 cm³/mol. The minimum absolute atomic E-state index is 0.0116. The van der Waals surface area contributed by atoms with Crippen LogP contribution in [0.3, 0.4) is 0 Å². The lowest BCUT2D eigenvalue weighted by Crippen LogP contribution is -2.30.